The summed E-state index contributed by atoms with van der Waals surface area (Å²) >= 11 is 0. The van der Waals surface area contributed by atoms with E-state index >= 15 is 0 Å². The van der Waals surface area contributed by atoms with Crippen LogP contribution in [0.15, 0.2) is 71.8 Å². The second kappa shape index (κ2) is 6.78. The molecule has 0 aliphatic carbocycles. The number of ketones is 1. The van der Waals surface area contributed by atoms with Crippen molar-refractivity contribution in [2.75, 3.05) is 6.54 Å². The summed E-state index contributed by atoms with van der Waals surface area (Å²) in [6.07, 6.45) is 0.619. The second-order valence-electron chi connectivity index (χ2n) is 7.55. The lowest BCUT2D eigenvalue weighted by Gasteiger charge is -2.44. The Labute approximate surface area is 159 Å². The van der Waals surface area contributed by atoms with Gasteiger partial charge in [-0.05, 0) is 37.0 Å². The minimum absolute atomic E-state index is 0.0957. The maximum absolute atomic E-state index is 12.4. The molecule has 2 atom stereocenters. The minimum Gasteiger partial charge on any atom is -0.450 e. The first kappa shape index (κ1) is 17.7. The predicted octanol–water partition coefficient (Wildman–Crippen LogP) is 3.83. The van der Waals surface area contributed by atoms with Gasteiger partial charge >= 0.3 is 5.97 Å². The van der Waals surface area contributed by atoms with Gasteiger partial charge in [-0.1, -0.05) is 60.7 Å². The SMILES string of the molecule is CC(=O)C1=C2C[C@H](c3ccccc3)N(Cc3ccccc3)C[C@@]2(C)OC1=O. The van der Waals surface area contributed by atoms with E-state index in [1.54, 1.807) is 0 Å². The smallest absolute Gasteiger partial charge is 0.342 e. The Balaban J connectivity index is 1.75. The van der Waals surface area contributed by atoms with Gasteiger partial charge in [0.25, 0.3) is 0 Å². The molecule has 0 spiro atoms. The van der Waals surface area contributed by atoms with Crippen LogP contribution < -0.4 is 0 Å². The number of Topliss-reactive ketones (excluding diaryl/α,β-unsaturated/α-hetero) is 1. The Kier molecular flexibility index (Phi) is 4.44. The van der Waals surface area contributed by atoms with Crippen molar-refractivity contribution >= 4 is 11.8 Å². The molecule has 1 fully saturated rings. The molecule has 2 aromatic rings. The van der Waals surface area contributed by atoms with E-state index in [1.807, 2.05) is 43.3 Å². The van der Waals surface area contributed by atoms with E-state index < -0.39 is 11.6 Å². The van der Waals surface area contributed by atoms with Crippen LogP contribution in [-0.2, 0) is 20.9 Å². The molecule has 0 saturated carbocycles. The van der Waals surface area contributed by atoms with Gasteiger partial charge in [0.1, 0.15) is 11.2 Å². The molecule has 2 aliphatic rings. The summed E-state index contributed by atoms with van der Waals surface area (Å²) in [6.45, 7) is 4.70. The molecule has 1 saturated heterocycles. The first-order valence-corrected chi connectivity index (χ1v) is 9.29. The standard InChI is InChI=1S/C23H23NO3/c1-16(25)21-19-13-20(18-11-7-4-8-12-18)24(14-17-9-5-3-6-10-17)15-23(19,2)27-22(21)26/h3-12,20H,13-15H2,1-2H3/t20-,23-/m1/s1. The van der Waals surface area contributed by atoms with Crippen LogP contribution >= 0.6 is 0 Å². The highest BCUT2D eigenvalue weighted by Crippen LogP contribution is 2.46. The molecule has 27 heavy (non-hydrogen) atoms. The van der Waals surface area contributed by atoms with Gasteiger partial charge in [-0.15, -0.1) is 0 Å². The van der Waals surface area contributed by atoms with E-state index in [4.69, 9.17) is 4.74 Å². The number of hydrogen-bond donors (Lipinski definition) is 0. The number of fused-ring (bicyclic) bond motifs is 1. The van der Waals surface area contributed by atoms with Crippen molar-refractivity contribution < 1.29 is 14.3 Å². The molecule has 0 bridgehead atoms. The quantitative estimate of drug-likeness (QED) is 0.613. The highest BCUT2D eigenvalue weighted by Gasteiger charge is 2.51. The number of esters is 1. The molecule has 0 amide bonds. The zero-order valence-corrected chi connectivity index (χ0v) is 15.6. The third kappa shape index (κ3) is 3.21. The number of ether oxygens (including phenoxy) is 1. The molecule has 2 heterocycles. The molecule has 0 radical (unpaired) electrons. The van der Waals surface area contributed by atoms with Gasteiger partial charge in [0.2, 0.25) is 0 Å². The Hall–Kier alpha value is -2.72. The van der Waals surface area contributed by atoms with Gasteiger partial charge in [-0.25, -0.2) is 4.79 Å². The van der Waals surface area contributed by atoms with Crippen LogP contribution in [0.2, 0.25) is 0 Å². The van der Waals surface area contributed by atoms with Gasteiger partial charge in [0, 0.05) is 19.1 Å². The molecule has 138 valence electrons. The summed E-state index contributed by atoms with van der Waals surface area (Å²) in [4.78, 5) is 26.8. The normalized spacial score (nSPS) is 25.3. The number of piperidine rings is 1. The number of likely N-dealkylation sites (tertiary alicyclic amines) is 1. The van der Waals surface area contributed by atoms with Crippen LogP contribution in [0.1, 0.15) is 37.4 Å². The molecule has 2 aromatic carbocycles. The number of hydrogen-bond acceptors (Lipinski definition) is 4. The second-order valence-corrected chi connectivity index (χ2v) is 7.55. The summed E-state index contributed by atoms with van der Waals surface area (Å²) < 4.78 is 5.70. The minimum atomic E-state index is -0.738. The zero-order valence-electron chi connectivity index (χ0n) is 15.6. The van der Waals surface area contributed by atoms with E-state index in [2.05, 4.69) is 29.2 Å². The fraction of sp³-hybridized carbons (Fsp3) is 0.304. The Morgan fingerprint density at radius 2 is 1.74 bits per heavy atom. The molecule has 2 aliphatic heterocycles. The van der Waals surface area contributed by atoms with E-state index in [-0.39, 0.29) is 17.4 Å². The maximum Gasteiger partial charge on any atom is 0.342 e. The van der Waals surface area contributed by atoms with Crippen LogP contribution in [0.3, 0.4) is 0 Å². The summed E-state index contributed by atoms with van der Waals surface area (Å²) in [5.41, 5.74) is 2.75. The molecule has 0 unspecified atom stereocenters. The van der Waals surface area contributed by atoms with Crippen LogP contribution in [0.4, 0.5) is 0 Å². The fourth-order valence-corrected chi connectivity index (χ4v) is 4.31. The third-order valence-corrected chi connectivity index (χ3v) is 5.57. The average molecular weight is 361 g/mol. The highest BCUT2D eigenvalue weighted by atomic mass is 16.6. The average Bonchev–Trinajstić information content (AvgIpc) is 2.91. The van der Waals surface area contributed by atoms with Crippen LogP contribution in [0, 0.1) is 0 Å². The summed E-state index contributed by atoms with van der Waals surface area (Å²) in [5, 5.41) is 0. The lowest BCUT2D eigenvalue weighted by molar-refractivity contribution is -0.149. The van der Waals surface area contributed by atoms with Crippen molar-refractivity contribution in [1.82, 2.24) is 4.90 Å². The molecular formula is C23H23NO3. The maximum atomic E-state index is 12.4. The van der Waals surface area contributed by atoms with Crippen LogP contribution in [-0.4, -0.2) is 28.8 Å². The van der Waals surface area contributed by atoms with Gasteiger partial charge in [0.15, 0.2) is 5.78 Å². The Morgan fingerprint density at radius 1 is 1.11 bits per heavy atom. The first-order chi connectivity index (χ1) is 13.0. The summed E-state index contributed by atoms with van der Waals surface area (Å²) in [7, 11) is 0. The Bertz CT molecular complexity index is 904. The number of carbonyl (C=O) groups is 2. The number of rotatable bonds is 4. The van der Waals surface area contributed by atoms with Gasteiger partial charge in [-0.3, -0.25) is 9.69 Å². The van der Waals surface area contributed by atoms with Crippen LogP contribution in [0.25, 0.3) is 0 Å². The number of nitrogens with zero attached hydrogens (tertiary/aromatic N) is 1. The molecular weight excluding hydrogens is 338 g/mol. The topological polar surface area (TPSA) is 46.6 Å². The largest absolute Gasteiger partial charge is 0.450 e. The van der Waals surface area contributed by atoms with E-state index in [9.17, 15) is 9.59 Å². The van der Waals surface area contributed by atoms with Crippen molar-refractivity contribution in [2.45, 2.75) is 38.5 Å². The monoisotopic (exact) mass is 361 g/mol. The number of benzene rings is 2. The fourth-order valence-electron chi connectivity index (χ4n) is 4.31. The van der Waals surface area contributed by atoms with Crippen molar-refractivity contribution in [1.29, 1.82) is 0 Å². The van der Waals surface area contributed by atoms with Gasteiger partial charge in [-0.2, -0.15) is 0 Å². The highest BCUT2D eigenvalue weighted by molar-refractivity contribution is 6.18. The Morgan fingerprint density at radius 3 is 2.37 bits per heavy atom. The predicted molar refractivity (Wildman–Crippen MR) is 103 cm³/mol. The molecule has 0 aromatic heterocycles. The van der Waals surface area contributed by atoms with Gasteiger partial charge < -0.3 is 4.74 Å². The van der Waals surface area contributed by atoms with Crippen molar-refractivity contribution in [3.05, 3.63) is 82.9 Å². The molecule has 4 rings (SSSR count). The van der Waals surface area contributed by atoms with E-state index in [0.29, 0.717) is 13.0 Å². The van der Waals surface area contributed by atoms with E-state index in [1.165, 1.54) is 18.1 Å². The third-order valence-electron chi connectivity index (χ3n) is 5.57. The van der Waals surface area contributed by atoms with Crippen molar-refractivity contribution in [3.8, 4) is 0 Å². The van der Waals surface area contributed by atoms with E-state index in [0.717, 1.165) is 12.1 Å². The zero-order chi connectivity index (χ0) is 19.0. The van der Waals surface area contributed by atoms with Gasteiger partial charge in [0.05, 0.1) is 0 Å². The van der Waals surface area contributed by atoms with Crippen molar-refractivity contribution in [2.24, 2.45) is 0 Å². The first-order valence-electron chi connectivity index (χ1n) is 9.29. The number of carbonyl (C=O) groups excluding carboxylic acids is 2. The molecule has 4 nitrogen and oxygen atoms in total. The lowest BCUT2D eigenvalue weighted by Crippen LogP contribution is -2.48. The summed E-state index contributed by atoms with van der Waals surface area (Å²) in [5.74, 6) is -0.685. The van der Waals surface area contributed by atoms with Crippen molar-refractivity contribution in [3.63, 3.8) is 0 Å². The molecule has 4 heteroatoms. The molecule has 0 N–H and O–H groups in total. The van der Waals surface area contributed by atoms with Crippen LogP contribution in [0.5, 0.6) is 0 Å². The lowest BCUT2D eigenvalue weighted by atomic mass is 9.80. The summed E-state index contributed by atoms with van der Waals surface area (Å²) in [6, 6.07) is 20.7.